The molecule has 3 heterocycles. The Morgan fingerprint density at radius 2 is 0.711 bits per heavy atom. The summed E-state index contributed by atoms with van der Waals surface area (Å²) in [7, 11) is 1.52. The Hall–Kier alpha value is -5.05. The summed E-state index contributed by atoms with van der Waals surface area (Å²) in [6.45, 7) is 12.5. The fourth-order valence-electron chi connectivity index (χ4n) is 13.3. The fourth-order valence-corrected chi connectivity index (χ4v) is 13.3. The molecule has 33 nitrogen and oxygen atoms in total. The van der Waals surface area contributed by atoms with Crippen LogP contribution >= 0.6 is 0 Å². The Kier molecular flexibility index (Phi) is 59.8. The minimum absolute atomic E-state index is 0.0257. The van der Waals surface area contributed by atoms with Crippen LogP contribution in [-0.2, 0) is 76.3 Å². The molecule has 16 N–H and O–H groups in total. The van der Waals surface area contributed by atoms with Gasteiger partial charge in [0.05, 0.1) is 57.8 Å². The quantitative estimate of drug-likeness (QED) is 0.0389. The number of nitrogens with zero attached hydrogens (tertiary/aromatic N) is 1. The number of amides is 7. The van der Waals surface area contributed by atoms with Gasteiger partial charge in [-0.2, -0.15) is 0 Å². The van der Waals surface area contributed by atoms with E-state index in [-0.39, 0.29) is 99.6 Å². The van der Waals surface area contributed by atoms with Gasteiger partial charge in [-0.15, -0.1) is 0 Å². The molecule has 7 amide bonds. The van der Waals surface area contributed by atoms with Crippen LogP contribution in [0.4, 0.5) is 0 Å². The maximum atomic E-state index is 14.4. The molecule has 3 aliphatic rings. The van der Waals surface area contributed by atoms with E-state index in [1.54, 1.807) is 18.7 Å². The van der Waals surface area contributed by atoms with Crippen molar-refractivity contribution in [2.75, 3.05) is 106 Å². The van der Waals surface area contributed by atoms with Gasteiger partial charge in [-0.3, -0.25) is 48.1 Å². The van der Waals surface area contributed by atoms with E-state index in [4.69, 9.17) is 33.2 Å². The second-order valence-corrected chi connectivity index (χ2v) is 31.3. The van der Waals surface area contributed by atoms with Crippen LogP contribution in [0, 0.1) is 17.8 Å². The van der Waals surface area contributed by atoms with Gasteiger partial charge in [0.1, 0.15) is 60.3 Å². The number of hydrogen-bond donors (Lipinski definition) is 16. The Labute approximate surface area is 677 Å². The summed E-state index contributed by atoms with van der Waals surface area (Å²) in [6.07, 6.45) is 6.59. The first-order chi connectivity index (χ1) is 54.7. The molecule has 3 rings (SSSR count). The average Bonchev–Trinajstić information content (AvgIpc) is 0.854. The van der Waals surface area contributed by atoms with Crippen LogP contribution in [0.1, 0.15) is 253 Å². The van der Waals surface area contributed by atoms with Gasteiger partial charge in [-0.1, -0.05) is 112 Å². The SMILES string of the molecule is CC(C)C.COCCC(=O)CCCC(=O)NCCCCCC(C(=O)NCCCCNC(=O)CCCCCCCO[C@@H]1OC(CO)[C@H](O)C(O)[C@@H]1C)N(CC(=O)CCCCNC(=O)CCCCCCCO[C@@H]1OC(CO)[C@H](O)[C@H](O)C1NC(C)=O)CC(=O)NCCCNC(=O)CCCCCCCCO[C@@H]1OC(CO)[C@H](O)[C@H](O)C1C. The van der Waals surface area contributed by atoms with Crippen LogP contribution in [0.5, 0.6) is 0 Å². The predicted octanol–water partition coefficient (Wildman–Crippen LogP) is 2.82. The maximum Gasteiger partial charge on any atom is 0.237 e. The molecule has 3 fully saturated rings. The van der Waals surface area contributed by atoms with Crippen molar-refractivity contribution in [3.8, 4) is 0 Å². The van der Waals surface area contributed by atoms with Crippen LogP contribution < -0.4 is 37.2 Å². The first-order valence-electron chi connectivity index (χ1n) is 42.6. The van der Waals surface area contributed by atoms with Crippen LogP contribution in [-0.4, -0.2) is 295 Å². The predicted molar refractivity (Wildman–Crippen MR) is 425 cm³/mol. The Balaban J connectivity index is 0.0000107. The zero-order chi connectivity index (χ0) is 84.4. The van der Waals surface area contributed by atoms with Gasteiger partial charge in [0, 0.05) is 130 Å². The van der Waals surface area contributed by atoms with E-state index in [1.807, 2.05) is 0 Å². The lowest BCUT2D eigenvalue weighted by Crippen LogP contribution is -2.64. The van der Waals surface area contributed by atoms with Crippen molar-refractivity contribution in [3.05, 3.63) is 0 Å². The molecular weight excluding hydrogens is 1480 g/mol. The van der Waals surface area contributed by atoms with Crippen LogP contribution in [0.3, 0.4) is 0 Å². The highest BCUT2D eigenvalue weighted by Gasteiger charge is 2.46. The fraction of sp³-hybridized carbons (Fsp3) is 0.889. The van der Waals surface area contributed by atoms with E-state index in [0.29, 0.717) is 155 Å². The second kappa shape index (κ2) is 64.9. The third-order valence-electron chi connectivity index (χ3n) is 20.2. The summed E-state index contributed by atoms with van der Waals surface area (Å²) in [6, 6.07) is -1.93. The van der Waals surface area contributed by atoms with Crippen molar-refractivity contribution >= 4 is 52.9 Å². The third kappa shape index (κ3) is 47.5. The number of ether oxygens (including phenoxy) is 7. The third-order valence-corrected chi connectivity index (χ3v) is 20.2. The van der Waals surface area contributed by atoms with Gasteiger partial charge in [-0.25, -0.2) is 0 Å². The van der Waals surface area contributed by atoms with Crippen molar-refractivity contribution in [3.63, 3.8) is 0 Å². The second-order valence-electron chi connectivity index (χ2n) is 31.3. The van der Waals surface area contributed by atoms with Crippen LogP contribution in [0.25, 0.3) is 0 Å². The van der Waals surface area contributed by atoms with E-state index >= 15 is 0 Å². The van der Waals surface area contributed by atoms with Gasteiger partial charge in [-0.05, 0) is 95.8 Å². The Morgan fingerprint density at radius 3 is 1.15 bits per heavy atom. The molecule has 114 heavy (non-hydrogen) atoms. The molecule has 33 heteroatoms. The topological polar surface area (TPSA) is 488 Å². The van der Waals surface area contributed by atoms with E-state index < -0.39 is 129 Å². The maximum absolute atomic E-state index is 14.4. The summed E-state index contributed by atoms with van der Waals surface area (Å²) in [5.74, 6) is -2.02. The molecule has 3 saturated heterocycles. The van der Waals surface area contributed by atoms with E-state index in [9.17, 15) is 89.1 Å². The van der Waals surface area contributed by atoms with Gasteiger partial charge in [0.2, 0.25) is 41.4 Å². The molecule has 0 bridgehead atoms. The average molecular weight is 1640 g/mol. The molecule has 0 aliphatic carbocycles. The largest absolute Gasteiger partial charge is 0.394 e. The number of unbranched alkanes of at least 4 members (excludes halogenated alkanes) is 17. The number of aliphatic hydroxyl groups is 9. The normalized spacial score (nSPS) is 23.8. The zero-order valence-corrected chi connectivity index (χ0v) is 69.8. The lowest BCUT2D eigenvalue weighted by molar-refractivity contribution is -0.282. The minimum atomic E-state index is -1.41. The minimum Gasteiger partial charge on any atom is -0.394 e. The molecule has 16 atom stereocenters. The zero-order valence-electron chi connectivity index (χ0n) is 69.8. The highest BCUT2D eigenvalue weighted by molar-refractivity contribution is 5.87. The van der Waals surface area contributed by atoms with E-state index in [0.717, 1.165) is 83.0 Å². The molecule has 0 aromatic heterocycles. The Morgan fingerprint density at radius 1 is 0.368 bits per heavy atom. The number of methoxy groups -OCH3 is 1. The molecule has 0 spiro atoms. The van der Waals surface area contributed by atoms with Gasteiger partial charge < -0.3 is 116 Å². The van der Waals surface area contributed by atoms with Crippen molar-refractivity contribution in [2.24, 2.45) is 17.8 Å². The first-order valence-corrected chi connectivity index (χ1v) is 42.6. The van der Waals surface area contributed by atoms with Crippen molar-refractivity contribution < 1.29 is 122 Å². The number of carbonyl (C=O) groups is 9. The molecule has 0 saturated carbocycles. The number of aliphatic hydroxyl groups excluding tert-OH is 9. The monoisotopic (exact) mass is 1640 g/mol. The Bertz CT molecular complexity index is 2600. The van der Waals surface area contributed by atoms with Gasteiger partial charge in [0.15, 0.2) is 18.9 Å². The van der Waals surface area contributed by atoms with Gasteiger partial charge in [0.25, 0.3) is 0 Å². The molecule has 0 aromatic carbocycles. The summed E-state index contributed by atoms with van der Waals surface area (Å²) in [5.41, 5.74) is 0. The summed E-state index contributed by atoms with van der Waals surface area (Å²) >= 11 is 0. The number of ketones is 2. The highest BCUT2D eigenvalue weighted by Crippen LogP contribution is 2.29. The number of rotatable bonds is 65. The molecular formula is C81H150N8O25. The highest BCUT2D eigenvalue weighted by atomic mass is 16.7. The van der Waals surface area contributed by atoms with Crippen LogP contribution in [0.2, 0.25) is 0 Å². The van der Waals surface area contributed by atoms with E-state index in [1.165, 1.54) is 14.0 Å². The van der Waals surface area contributed by atoms with Crippen molar-refractivity contribution in [2.45, 2.75) is 339 Å². The van der Waals surface area contributed by atoms with Gasteiger partial charge >= 0.3 is 0 Å². The number of carbonyl (C=O) groups excluding carboxylic acids is 9. The van der Waals surface area contributed by atoms with Crippen molar-refractivity contribution in [1.29, 1.82) is 0 Å². The van der Waals surface area contributed by atoms with Crippen LogP contribution in [0.15, 0.2) is 0 Å². The first kappa shape index (κ1) is 105. The molecule has 0 aromatic rings. The lowest BCUT2D eigenvalue weighted by Gasteiger charge is -2.42. The van der Waals surface area contributed by atoms with E-state index in [2.05, 4.69) is 58.0 Å². The smallest absolute Gasteiger partial charge is 0.237 e. The molecule has 7 unspecified atom stereocenters. The number of hydrogen-bond acceptors (Lipinski definition) is 26. The standard InChI is InChI=1S/C77H140N8O25.C4H10/c1-53-68(97)70(99)59(50-86)108-75(53)105-44-25-12-6-5-9-17-35-64(94)81-42-29-43-82-66(96)49-85(48-57(91)30-20-22-39-79-62(92)33-18-11-8-14-27-46-107-77-67(84-55(3)89)73(102)72(101)61(52-88)110-77)58(32-16-15-21-38-78-65(95)36-28-31-56(90)37-47-104-4)74(103)83-41-24-23-40-80-63(93)34-19-10-7-13-26-45-106-76-54(2)69(98)71(100)60(51-87)109-76;1-4(2)3/h53-54,58-61,67-73,75-77,86-88,97-102H,5-52H2,1-4H3,(H,78,95)(H,79,92)(H,80,93)(H,81,94)(H,82,96)(H,83,103)(H,84,89);4H,1-3H3/t53?,54-,58?,59?,60?,61?,67?,68+,69?,70-,71-,72-,73+,75+,76+,77+;/m0./s1. The van der Waals surface area contributed by atoms with Crippen molar-refractivity contribution in [1.82, 2.24) is 42.1 Å². The molecule has 664 valence electrons. The lowest BCUT2D eigenvalue weighted by atomic mass is 9.92. The number of Topliss-reactive ketones (excluding diaryl/α,β-unsaturated/α-hetero) is 2. The summed E-state index contributed by atoms with van der Waals surface area (Å²) in [4.78, 5) is 119. The summed E-state index contributed by atoms with van der Waals surface area (Å²) in [5, 5.41) is 110. The summed E-state index contributed by atoms with van der Waals surface area (Å²) < 4.78 is 39.2. The molecule has 0 radical (unpaired) electrons. The molecule has 3 aliphatic heterocycles. The number of nitrogens with one attached hydrogen (secondary N) is 7.